The van der Waals surface area contributed by atoms with Crippen LogP contribution in [0.5, 0.6) is 0 Å². The van der Waals surface area contributed by atoms with Crippen LogP contribution in [-0.4, -0.2) is 17.4 Å². The number of rotatable bonds is 2. The van der Waals surface area contributed by atoms with Gasteiger partial charge in [-0.2, -0.15) is 0 Å². The number of carbonyl (C=O) groups is 1. The van der Waals surface area contributed by atoms with Crippen LogP contribution >= 0.6 is 9.39 Å². The van der Waals surface area contributed by atoms with E-state index in [-0.39, 0.29) is 0 Å². The molecular weight excluding hydrogens is 131 g/mol. The van der Waals surface area contributed by atoms with Crippen molar-refractivity contribution in [3.05, 3.63) is 10.1 Å². The molecule has 0 aliphatic heterocycles. The SMILES string of the molecule is O=C(C[N+](=O)[O-])NP. The Hall–Kier alpha value is -0.700. The molecule has 0 heterocycles. The van der Waals surface area contributed by atoms with E-state index in [0.717, 1.165) is 0 Å². The van der Waals surface area contributed by atoms with Crippen LogP contribution in [0.1, 0.15) is 0 Å². The average Bonchev–Trinajstić information content (AvgIpc) is 1.65. The molecule has 5 nitrogen and oxygen atoms in total. The van der Waals surface area contributed by atoms with E-state index in [1.54, 1.807) is 0 Å². The molecule has 1 N–H and O–H groups in total. The Labute approximate surface area is 47.9 Å². The van der Waals surface area contributed by atoms with E-state index in [0.29, 0.717) is 0 Å². The maximum Gasteiger partial charge on any atom is 0.294 e. The molecule has 6 heteroatoms. The van der Waals surface area contributed by atoms with E-state index in [1.807, 2.05) is 14.5 Å². The summed E-state index contributed by atoms with van der Waals surface area (Å²) in [5.41, 5.74) is 0. The van der Waals surface area contributed by atoms with Crippen LogP contribution in [-0.2, 0) is 4.79 Å². The minimum absolute atomic E-state index is 0.611. The topological polar surface area (TPSA) is 72.2 Å². The lowest BCUT2D eigenvalue weighted by molar-refractivity contribution is -0.467. The Balaban J connectivity index is 3.40. The molecule has 0 aromatic carbocycles. The predicted molar refractivity (Wildman–Crippen MR) is 29.7 cm³/mol. The summed E-state index contributed by atoms with van der Waals surface area (Å²) in [7, 11) is 1.88. The number of nitrogens with zero attached hydrogens (tertiary/aromatic N) is 1. The summed E-state index contributed by atoms with van der Waals surface area (Å²) in [6, 6.07) is 0. The number of nitrogens with one attached hydrogen (secondary N) is 1. The van der Waals surface area contributed by atoms with Gasteiger partial charge in [-0.1, -0.05) is 0 Å². The van der Waals surface area contributed by atoms with Crippen LogP contribution in [0.3, 0.4) is 0 Å². The van der Waals surface area contributed by atoms with E-state index in [2.05, 4.69) is 0 Å². The lowest BCUT2D eigenvalue weighted by atomic mass is 10.7. The van der Waals surface area contributed by atoms with Crippen molar-refractivity contribution >= 4 is 15.3 Å². The molecule has 0 fully saturated rings. The normalized spacial score (nSPS) is 8.12. The first-order valence-electron chi connectivity index (χ1n) is 1.78. The van der Waals surface area contributed by atoms with E-state index >= 15 is 0 Å². The number of hydrogen-bond donors (Lipinski definition) is 1. The van der Waals surface area contributed by atoms with Gasteiger partial charge in [0.25, 0.3) is 12.5 Å². The Morgan fingerprint density at radius 2 is 2.38 bits per heavy atom. The molecule has 1 atom stereocenters. The second-order valence-electron chi connectivity index (χ2n) is 1.06. The van der Waals surface area contributed by atoms with Crippen molar-refractivity contribution in [2.75, 3.05) is 6.54 Å². The molecule has 0 saturated heterocycles. The molecule has 0 rings (SSSR count). The minimum atomic E-state index is -0.695. The maximum absolute atomic E-state index is 10.0. The third-order valence-electron chi connectivity index (χ3n) is 0.434. The van der Waals surface area contributed by atoms with Crippen molar-refractivity contribution in [3.63, 3.8) is 0 Å². The average molecular weight is 136 g/mol. The van der Waals surface area contributed by atoms with E-state index in [4.69, 9.17) is 0 Å². The van der Waals surface area contributed by atoms with Gasteiger partial charge in [0.05, 0.1) is 0 Å². The van der Waals surface area contributed by atoms with Crippen LogP contribution in [0.4, 0.5) is 0 Å². The first-order chi connectivity index (χ1) is 3.66. The van der Waals surface area contributed by atoms with Crippen LogP contribution in [0.2, 0.25) is 0 Å². The zero-order chi connectivity index (χ0) is 6.57. The predicted octanol–water partition coefficient (Wildman–Crippen LogP) is -0.831. The zero-order valence-corrected chi connectivity index (χ0v) is 5.11. The van der Waals surface area contributed by atoms with Gasteiger partial charge in [-0.15, -0.1) is 0 Å². The van der Waals surface area contributed by atoms with Gasteiger partial charge in [-0.05, 0) is 9.39 Å². The summed E-state index contributed by atoms with van der Waals surface area (Å²) in [5.74, 6) is -0.611. The fraction of sp³-hybridized carbons (Fsp3) is 0.500. The van der Waals surface area contributed by atoms with Crippen molar-refractivity contribution in [1.29, 1.82) is 0 Å². The van der Waals surface area contributed by atoms with Crippen LogP contribution < -0.4 is 5.09 Å². The molecule has 1 amide bonds. The standard InChI is InChI=1S/C2H5N2O3P/c5-2(3-8)1-4(6)7/h1,8H2,(H,3,5). The largest absolute Gasteiger partial charge is 0.335 e. The van der Waals surface area contributed by atoms with Gasteiger partial charge in [0.1, 0.15) is 0 Å². The highest BCUT2D eigenvalue weighted by Gasteiger charge is 2.04. The fourth-order valence-corrected chi connectivity index (χ4v) is 0.254. The number of carbonyl (C=O) groups excluding carboxylic acids is 1. The Kier molecular flexibility index (Phi) is 3.03. The van der Waals surface area contributed by atoms with Gasteiger partial charge in [0, 0.05) is 4.92 Å². The lowest BCUT2D eigenvalue weighted by Gasteiger charge is -1.88. The van der Waals surface area contributed by atoms with Crippen molar-refractivity contribution in [1.82, 2.24) is 5.09 Å². The van der Waals surface area contributed by atoms with Gasteiger partial charge in [0.15, 0.2) is 0 Å². The van der Waals surface area contributed by atoms with E-state index in [1.165, 1.54) is 0 Å². The molecule has 0 saturated carbocycles. The molecule has 0 aliphatic carbocycles. The molecule has 0 aromatic rings. The highest BCUT2D eigenvalue weighted by molar-refractivity contribution is 7.15. The zero-order valence-electron chi connectivity index (χ0n) is 3.96. The molecule has 8 heavy (non-hydrogen) atoms. The van der Waals surface area contributed by atoms with Gasteiger partial charge < -0.3 is 5.09 Å². The molecular formula is C2H5N2O3P. The van der Waals surface area contributed by atoms with Gasteiger partial charge >= 0.3 is 0 Å². The number of nitro groups is 1. The highest BCUT2D eigenvalue weighted by Crippen LogP contribution is 1.72. The first kappa shape index (κ1) is 7.30. The van der Waals surface area contributed by atoms with Gasteiger partial charge in [-0.3, -0.25) is 14.9 Å². The third-order valence-corrected chi connectivity index (χ3v) is 0.756. The quantitative estimate of drug-likeness (QED) is 0.306. The molecule has 0 spiro atoms. The van der Waals surface area contributed by atoms with Crippen molar-refractivity contribution < 1.29 is 9.72 Å². The van der Waals surface area contributed by atoms with Crippen molar-refractivity contribution in [2.24, 2.45) is 0 Å². The third kappa shape index (κ3) is 3.49. The Morgan fingerprint density at radius 3 is 2.50 bits per heavy atom. The van der Waals surface area contributed by atoms with Crippen molar-refractivity contribution in [3.8, 4) is 0 Å². The van der Waals surface area contributed by atoms with Crippen LogP contribution in [0.25, 0.3) is 0 Å². The molecule has 1 unspecified atom stereocenters. The smallest absolute Gasteiger partial charge is 0.294 e. The van der Waals surface area contributed by atoms with Crippen LogP contribution in [0, 0.1) is 10.1 Å². The number of amides is 1. The second-order valence-corrected chi connectivity index (χ2v) is 1.35. The minimum Gasteiger partial charge on any atom is -0.335 e. The highest BCUT2D eigenvalue weighted by atomic mass is 31.0. The van der Waals surface area contributed by atoms with Gasteiger partial charge in [0.2, 0.25) is 0 Å². The van der Waals surface area contributed by atoms with Crippen LogP contribution in [0.15, 0.2) is 0 Å². The second kappa shape index (κ2) is 3.32. The molecule has 0 bridgehead atoms. The van der Waals surface area contributed by atoms with E-state index < -0.39 is 17.4 Å². The summed E-state index contributed by atoms with van der Waals surface area (Å²) < 4.78 is 0. The lowest BCUT2D eigenvalue weighted by Crippen LogP contribution is -2.21. The Morgan fingerprint density at radius 1 is 1.88 bits per heavy atom. The molecule has 0 aliphatic rings. The summed E-state index contributed by atoms with van der Waals surface area (Å²) in [6.07, 6.45) is 0. The Bertz CT molecular complexity index is 114. The summed E-state index contributed by atoms with van der Waals surface area (Å²) in [4.78, 5) is 18.9. The summed E-state index contributed by atoms with van der Waals surface area (Å²) in [5, 5.41) is 11.5. The molecule has 0 aromatic heterocycles. The van der Waals surface area contributed by atoms with Crippen molar-refractivity contribution in [2.45, 2.75) is 0 Å². The summed E-state index contributed by atoms with van der Waals surface area (Å²) >= 11 is 0. The van der Waals surface area contributed by atoms with E-state index in [9.17, 15) is 14.9 Å². The molecule has 46 valence electrons. The monoisotopic (exact) mass is 136 g/mol. The first-order valence-corrected chi connectivity index (χ1v) is 2.36. The fourth-order valence-electron chi connectivity index (χ4n) is 0.163. The van der Waals surface area contributed by atoms with Gasteiger partial charge in [-0.25, -0.2) is 0 Å². The maximum atomic E-state index is 10.0. The number of hydrogen-bond acceptors (Lipinski definition) is 3. The summed E-state index contributed by atoms with van der Waals surface area (Å²) in [6.45, 7) is -0.663. The molecule has 0 radical (unpaired) electrons.